The van der Waals surface area contributed by atoms with Gasteiger partial charge >= 0.3 is 11.9 Å². The van der Waals surface area contributed by atoms with Crippen molar-refractivity contribution in [2.45, 2.75) is 44.9 Å². The van der Waals surface area contributed by atoms with Gasteiger partial charge in [0.1, 0.15) is 5.00 Å². The summed E-state index contributed by atoms with van der Waals surface area (Å²) in [5.74, 6) is -1.56. The SMILES string of the molecule is CCOC(=O)c1c(NC(C)=O)sc2c1CCC(CC(=O)O)(c1ccccc1)C2. The monoisotopic (exact) mass is 401 g/mol. The lowest BCUT2D eigenvalue weighted by Gasteiger charge is -2.36. The van der Waals surface area contributed by atoms with Gasteiger partial charge in [0.2, 0.25) is 5.91 Å². The van der Waals surface area contributed by atoms with Crippen LogP contribution in [0, 0.1) is 0 Å². The topological polar surface area (TPSA) is 92.7 Å². The molecule has 0 fully saturated rings. The molecule has 6 nitrogen and oxygen atoms in total. The van der Waals surface area contributed by atoms with E-state index in [1.807, 2.05) is 30.3 Å². The molecule has 0 aliphatic heterocycles. The highest BCUT2D eigenvalue weighted by molar-refractivity contribution is 7.17. The average molecular weight is 401 g/mol. The van der Waals surface area contributed by atoms with E-state index in [-0.39, 0.29) is 18.9 Å². The molecule has 1 unspecified atom stereocenters. The molecule has 0 saturated heterocycles. The van der Waals surface area contributed by atoms with Crippen LogP contribution in [0.2, 0.25) is 0 Å². The van der Waals surface area contributed by atoms with Crippen LogP contribution in [0.3, 0.4) is 0 Å². The minimum atomic E-state index is -0.850. The summed E-state index contributed by atoms with van der Waals surface area (Å²) in [6.07, 6.45) is 1.69. The highest BCUT2D eigenvalue weighted by Crippen LogP contribution is 2.47. The van der Waals surface area contributed by atoms with Crippen LogP contribution >= 0.6 is 11.3 Å². The van der Waals surface area contributed by atoms with Crippen LogP contribution in [0.4, 0.5) is 5.00 Å². The van der Waals surface area contributed by atoms with Crippen molar-refractivity contribution in [2.24, 2.45) is 0 Å². The van der Waals surface area contributed by atoms with Crippen molar-refractivity contribution >= 4 is 34.2 Å². The Morgan fingerprint density at radius 2 is 1.96 bits per heavy atom. The second-order valence-corrected chi connectivity index (χ2v) is 8.11. The number of hydrogen-bond donors (Lipinski definition) is 2. The number of carboxylic acid groups (broad SMARTS) is 1. The van der Waals surface area contributed by atoms with E-state index in [4.69, 9.17) is 4.74 Å². The van der Waals surface area contributed by atoms with Crippen LogP contribution in [0.15, 0.2) is 30.3 Å². The van der Waals surface area contributed by atoms with Crippen LogP contribution in [0.25, 0.3) is 0 Å². The molecule has 148 valence electrons. The third kappa shape index (κ3) is 3.94. The molecule has 2 N–H and O–H groups in total. The molecule has 0 bridgehead atoms. The van der Waals surface area contributed by atoms with Gasteiger partial charge in [0.15, 0.2) is 0 Å². The normalized spacial score (nSPS) is 18.2. The summed E-state index contributed by atoms with van der Waals surface area (Å²) in [4.78, 5) is 36.7. The first-order valence-corrected chi connectivity index (χ1v) is 10.0. The Morgan fingerprint density at radius 1 is 1.25 bits per heavy atom. The Hall–Kier alpha value is -2.67. The summed E-state index contributed by atoms with van der Waals surface area (Å²) in [6.45, 7) is 3.38. The first-order chi connectivity index (χ1) is 13.4. The number of hydrogen-bond acceptors (Lipinski definition) is 5. The summed E-state index contributed by atoms with van der Waals surface area (Å²) in [6, 6.07) is 9.65. The van der Waals surface area contributed by atoms with Gasteiger partial charge in [-0.2, -0.15) is 0 Å². The number of anilines is 1. The third-order valence-electron chi connectivity index (χ3n) is 5.09. The molecule has 1 atom stereocenters. The van der Waals surface area contributed by atoms with Gasteiger partial charge in [0.05, 0.1) is 18.6 Å². The van der Waals surface area contributed by atoms with E-state index >= 15 is 0 Å². The lowest BCUT2D eigenvalue weighted by atomic mass is 9.67. The largest absolute Gasteiger partial charge is 0.481 e. The molecule has 28 heavy (non-hydrogen) atoms. The number of rotatable bonds is 6. The number of fused-ring (bicyclic) bond motifs is 1. The quantitative estimate of drug-likeness (QED) is 0.719. The van der Waals surface area contributed by atoms with Crippen LogP contribution in [0.1, 0.15) is 53.1 Å². The molecule has 0 spiro atoms. The van der Waals surface area contributed by atoms with Crippen molar-refractivity contribution in [1.82, 2.24) is 0 Å². The zero-order valence-corrected chi connectivity index (χ0v) is 16.7. The maximum absolute atomic E-state index is 12.5. The number of benzene rings is 1. The highest BCUT2D eigenvalue weighted by Gasteiger charge is 2.41. The van der Waals surface area contributed by atoms with Crippen molar-refractivity contribution < 1.29 is 24.2 Å². The number of ether oxygens (including phenoxy) is 1. The first kappa shape index (κ1) is 20.1. The van der Waals surface area contributed by atoms with E-state index in [0.29, 0.717) is 29.8 Å². The van der Waals surface area contributed by atoms with Gasteiger partial charge in [-0.05, 0) is 37.3 Å². The van der Waals surface area contributed by atoms with Crippen LogP contribution in [0.5, 0.6) is 0 Å². The maximum Gasteiger partial charge on any atom is 0.341 e. The predicted molar refractivity (Wildman–Crippen MR) is 107 cm³/mol. The smallest absolute Gasteiger partial charge is 0.341 e. The summed E-state index contributed by atoms with van der Waals surface area (Å²) in [5, 5.41) is 12.8. The fourth-order valence-electron chi connectivity index (χ4n) is 3.93. The van der Waals surface area contributed by atoms with Crippen LogP contribution in [-0.4, -0.2) is 29.6 Å². The van der Waals surface area contributed by atoms with Crippen LogP contribution in [-0.2, 0) is 32.6 Å². The van der Waals surface area contributed by atoms with Gasteiger partial charge in [-0.3, -0.25) is 9.59 Å². The summed E-state index contributed by atoms with van der Waals surface area (Å²) < 4.78 is 5.20. The molecule has 1 aliphatic rings. The van der Waals surface area contributed by atoms with Crippen molar-refractivity contribution in [3.05, 3.63) is 51.9 Å². The van der Waals surface area contributed by atoms with E-state index < -0.39 is 17.4 Å². The van der Waals surface area contributed by atoms with E-state index in [0.717, 1.165) is 16.0 Å². The molecular weight excluding hydrogens is 378 g/mol. The minimum Gasteiger partial charge on any atom is -0.481 e. The molecule has 3 rings (SSSR count). The zero-order valence-electron chi connectivity index (χ0n) is 15.9. The molecule has 1 amide bonds. The van der Waals surface area contributed by atoms with Crippen molar-refractivity contribution in [3.63, 3.8) is 0 Å². The number of carbonyl (C=O) groups is 3. The number of carboxylic acids is 1. The Bertz CT molecular complexity index is 905. The van der Waals surface area contributed by atoms with E-state index in [2.05, 4.69) is 5.32 Å². The fraction of sp³-hybridized carbons (Fsp3) is 0.381. The Labute approximate surface area is 167 Å². The molecule has 1 heterocycles. The molecule has 2 aromatic rings. The molecular formula is C21H23NO5S. The Balaban J connectivity index is 2.07. The fourth-order valence-corrected chi connectivity index (χ4v) is 5.35. The van der Waals surface area contributed by atoms with E-state index in [1.165, 1.54) is 18.3 Å². The van der Waals surface area contributed by atoms with Gasteiger partial charge in [-0.15, -0.1) is 11.3 Å². The first-order valence-electron chi connectivity index (χ1n) is 9.23. The Kier molecular flexibility index (Phi) is 5.84. The standard InChI is InChI=1S/C21H23NO5S/c1-3-27-20(26)18-15-9-10-21(12-17(24)25,14-7-5-4-6-8-14)11-16(15)28-19(18)22-13(2)23/h4-8H,3,9-12H2,1-2H3,(H,22,23)(H,24,25). The summed E-state index contributed by atoms with van der Waals surface area (Å²) >= 11 is 1.34. The number of amides is 1. The lowest BCUT2D eigenvalue weighted by Crippen LogP contribution is -2.35. The predicted octanol–water partition coefficient (Wildman–Crippen LogP) is 3.78. The van der Waals surface area contributed by atoms with Crippen molar-refractivity contribution in [1.29, 1.82) is 0 Å². The van der Waals surface area contributed by atoms with Crippen molar-refractivity contribution in [3.8, 4) is 0 Å². The second-order valence-electron chi connectivity index (χ2n) is 7.00. The van der Waals surface area contributed by atoms with E-state index in [9.17, 15) is 19.5 Å². The van der Waals surface area contributed by atoms with Crippen molar-refractivity contribution in [2.75, 3.05) is 11.9 Å². The summed E-state index contributed by atoms with van der Waals surface area (Å²) in [7, 11) is 0. The number of carbonyl (C=O) groups excluding carboxylic acids is 2. The number of thiophene rings is 1. The second kappa shape index (κ2) is 8.14. The Morgan fingerprint density at radius 3 is 2.57 bits per heavy atom. The van der Waals surface area contributed by atoms with Gasteiger partial charge in [-0.1, -0.05) is 30.3 Å². The van der Waals surface area contributed by atoms with Gasteiger partial charge in [-0.25, -0.2) is 4.79 Å². The number of nitrogens with one attached hydrogen (secondary N) is 1. The summed E-state index contributed by atoms with van der Waals surface area (Å²) in [5.41, 5.74) is 1.72. The number of esters is 1. The molecule has 0 saturated carbocycles. The molecule has 1 aromatic heterocycles. The average Bonchev–Trinajstić information content (AvgIpc) is 2.98. The molecule has 0 radical (unpaired) electrons. The number of aliphatic carboxylic acids is 1. The van der Waals surface area contributed by atoms with E-state index in [1.54, 1.807) is 6.92 Å². The van der Waals surface area contributed by atoms with Crippen LogP contribution < -0.4 is 5.32 Å². The third-order valence-corrected chi connectivity index (χ3v) is 6.24. The van der Waals surface area contributed by atoms with Gasteiger partial charge < -0.3 is 15.2 Å². The molecule has 7 heteroatoms. The molecule has 1 aliphatic carbocycles. The van der Waals surface area contributed by atoms with Gasteiger partial charge in [0.25, 0.3) is 0 Å². The lowest BCUT2D eigenvalue weighted by molar-refractivity contribution is -0.138. The maximum atomic E-state index is 12.5. The van der Waals surface area contributed by atoms with Gasteiger partial charge in [0, 0.05) is 17.2 Å². The molecule has 1 aromatic carbocycles. The minimum absolute atomic E-state index is 0.0125. The zero-order chi connectivity index (χ0) is 20.3. The highest BCUT2D eigenvalue weighted by atomic mass is 32.1.